The van der Waals surface area contributed by atoms with Crippen molar-refractivity contribution < 1.29 is 9.53 Å². The zero-order valence-corrected chi connectivity index (χ0v) is 11.8. The molecule has 0 aliphatic heterocycles. The summed E-state index contributed by atoms with van der Waals surface area (Å²) in [6.07, 6.45) is 0. The minimum absolute atomic E-state index is 0.242. The Balaban J connectivity index is 2.10. The van der Waals surface area contributed by atoms with Gasteiger partial charge in [-0.2, -0.15) is 0 Å². The lowest BCUT2D eigenvalue weighted by molar-refractivity contribution is 0.0948. The van der Waals surface area contributed by atoms with Crippen LogP contribution in [-0.4, -0.2) is 13.0 Å². The van der Waals surface area contributed by atoms with Gasteiger partial charge in [0.15, 0.2) is 0 Å². The fourth-order valence-electron chi connectivity index (χ4n) is 1.83. The van der Waals surface area contributed by atoms with Gasteiger partial charge in [-0.3, -0.25) is 4.79 Å². The molecule has 0 saturated carbocycles. The number of nitrogen functional groups attached to an aromatic ring is 1. The van der Waals surface area contributed by atoms with Crippen molar-refractivity contribution >= 4 is 23.2 Å². The summed E-state index contributed by atoms with van der Waals surface area (Å²) in [5.41, 5.74) is 7.54. The summed E-state index contributed by atoms with van der Waals surface area (Å²) in [5, 5.41) is 3.45. The van der Waals surface area contributed by atoms with Gasteiger partial charge in [0.1, 0.15) is 5.75 Å². The number of nitrogens with two attached hydrogens (primary N) is 1. The predicted molar refractivity (Wildman–Crippen MR) is 80.0 cm³/mol. The minimum atomic E-state index is -0.242. The van der Waals surface area contributed by atoms with Crippen molar-refractivity contribution in [1.82, 2.24) is 5.32 Å². The largest absolute Gasteiger partial charge is 0.496 e. The Hall–Kier alpha value is -2.20. The Kier molecular flexibility index (Phi) is 4.48. The van der Waals surface area contributed by atoms with Gasteiger partial charge in [0.05, 0.1) is 12.7 Å². The van der Waals surface area contributed by atoms with E-state index in [0.717, 1.165) is 5.56 Å². The van der Waals surface area contributed by atoms with E-state index in [4.69, 9.17) is 22.1 Å². The molecule has 0 fully saturated rings. The van der Waals surface area contributed by atoms with E-state index in [1.54, 1.807) is 30.3 Å². The smallest absolute Gasteiger partial charge is 0.255 e. The second-order valence-corrected chi connectivity index (χ2v) is 4.71. The van der Waals surface area contributed by atoms with Gasteiger partial charge in [0, 0.05) is 17.3 Å². The van der Waals surface area contributed by atoms with Crippen LogP contribution in [0.4, 0.5) is 5.69 Å². The molecule has 1 amide bonds. The van der Waals surface area contributed by atoms with Gasteiger partial charge < -0.3 is 15.8 Å². The first-order chi connectivity index (χ1) is 9.60. The van der Waals surface area contributed by atoms with Crippen LogP contribution >= 0.6 is 11.6 Å². The third-order valence-electron chi connectivity index (χ3n) is 2.81. The number of hydrogen-bond donors (Lipinski definition) is 2. The first kappa shape index (κ1) is 14.2. The molecule has 0 bridgehead atoms. The molecule has 2 rings (SSSR count). The molecule has 2 aromatic carbocycles. The lowest BCUT2D eigenvalue weighted by Gasteiger charge is -2.10. The van der Waals surface area contributed by atoms with E-state index in [0.29, 0.717) is 28.6 Å². The SMILES string of the molecule is COc1ccc(N)cc1C(=O)NCc1cccc(Cl)c1. The van der Waals surface area contributed by atoms with E-state index in [1.165, 1.54) is 7.11 Å². The standard InChI is InChI=1S/C15H15ClN2O2/c1-20-14-6-5-12(17)8-13(14)15(19)18-9-10-3-2-4-11(16)7-10/h2-8H,9,17H2,1H3,(H,18,19). The van der Waals surface area contributed by atoms with Crippen molar-refractivity contribution in [2.24, 2.45) is 0 Å². The monoisotopic (exact) mass is 290 g/mol. The maximum Gasteiger partial charge on any atom is 0.255 e. The van der Waals surface area contributed by atoms with Crippen LogP contribution in [0.15, 0.2) is 42.5 Å². The third kappa shape index (κ3) is 3.42. The number of carbonyl (C=O) groups is 1. The first-order valence-corrected chi connectivity index (χ1v) is 6.44. The van der Waals surface area contributed by atoms with E-state index < -0.39 is 0 Å². The van der Waals surface area contributed by atoms with Crippen molar-refractivity contribution in [2.45, 2.75) is 6.54 Å². The summed E-state index contributed by atoms with van der Waals surface area (Å²) in [4.78, 5) is 12.2. The molecule has 0 aromatic heterocycles. The zero-order chi connectivity index (χ0) is 14.5. The van der Waals surface area contributed by atoms with E-state index in [-0.39, 0.29) is 5.91 Å². The highest BCUT2D eigenvalue weighted by Gasteiger charge is 2.12. The van der Waals surface area contributed by atoms with E-state index >= 15 is 0 Å². The maximum absolute atomic E-state index is 12.2. The number of hydrogen-bond acceptors (Lipinski definition) is 3. The number of amides is 1. The molecule has 0 unspecified atom stereocenters. The number of nitrogens with one attached hydrogen (secondary N) is 1. The Morgan fingerprint density at radius 2 is 2.10 bits per heavy atom. The highest BCUT2D eigenvalue weighted by Crippen LogP contribution is 2.21. The van der Waals surface area contributed by atoms with Crippen LogP contribution in [0.3, 0.4) is 0 Å². The molecule has 0 aliphatic rings. The summed E-state index contributed by atoms with van der Waals surface area (Å²) in [6.45, 7) is 0.386. The Morgan fingerprint density at radius 1 is 1.30 bits per heavy atom. The summed E-state index contributed by atoms with van der Waals surface area (Å²) in [6, 6.07) is 12.3. The Bertz CT molecular complexity index is 629. The van der Waals surface area contributed by atoms with Crippen LogP contribution in [0.25, 0.3) is 0 Å². The van der Waals surface area contributed by atoms with Crippen LogP contribution in [0.2, 0.25) is 5.02 Å². The van der Waals surface area contributed by atoms with Gasteiger partial charge in [-0.05, 0) is 35.9 Å². The lowest BCUT2D eigenvalue weighted by atomic mass is 10.1. The fourth-order valence-corrected chi connectivity index (χ4v) is 2.04. The quantitative estimate of drug-likeness (QED) is 0.851. The van der Waals surface area contributed by atoms with Crippen molar-refractivity contribution in [3.05, 3.63) is 58.6 Å². The van der Waals surface area contributed by atoms with Gasteiger partial charge in [-0.1, -0.05) is 23.7 Å². The molecule has 5 heteroatoms. The van der Waals surface area contributed by atoms with Crippen LogP contribution in [-0.2, 0) is 6.54 Å². The minimum Gasteiger partial charge on any atom is -0.496 e. The summed E-state index contributed by atoms with van der Waals surface area (Å²) < 4.78 is 5.16. The molecule has 0 spiro atoms. The number of ether oxygens (including phenoxy) is 1. The molecule has 0 radical (unpaired) electrons. The van der Waals surface area contributed by atoms with Crippen LogP contribution in [0.5, 0.6) is 5.75 Å². The number of methoxy groups -OCH3 is 1. The van der Waals surface area contributed by atoms with Crippen molar-refractivity contribution in [2.75, 3.05) is 12.8 Å². The molecule has 104 valence electrons. The first-order valence-electron chi connectivity index (χ1n) is 6.06. The zero-order valence-electron chi connectivity index (χ0n) is 11.0. The molecule has 0 aliphatic carbocycles. The molecular formula is C15H15ClN2O2. The van der Waals surface area contributed by atoms with Crippen LogP contribution in [0, 0.1) is 0 Å². The second kappa shape index (κ2) is 6.30. The molecular weight excluding hydrogens is 276 g/mol. The molecule has 0 heterocycles. The molecule has 20 heavy (non-hydrogen) atoms. The van der Waals surface area contributed by atoms with Gasteiger partial charge in [-0.15, -0.1) is 0 Å². The maximum atomic E-state index is 12.2. The van der Waals surface area contributed by atoms with Gasteiger partial charge in [-0.25, -0.2) is 0 Å². The lowest BCUT2D eigenvalue weighted by Crippen LogP contribution is -2.23. The third-order valence-corrected chi connectivity index (χ3v) is 3.05. The normalized spacial score (nSPS) is 10.1. The van der Waals surface area contributed by atoms with Gasteiger partial charge >= 0.3 is 0 Å². The highest BCUT2D eigenvalue weighted by atomic mass is 35.5. The Morgan fingerprint density at radius 3 is 2.80 bits per heavy atom. The van der Waals surface area contributed by atoms with E-state index in [2.05, 4.69) is 5.32 Å². The van der Waals surface area contributed by atoms with Crippen LogP contribution < -0.4 is 15.8 Å². The van der Waals surface area contributed by atoms with Crippen molar-refractivity contribution in [3.63, 3.8) is 0 Å². The van der Waals surface area contributed by atoms with E-state index in [1.807, 2.05) is 12.1 Å². The average Bonchev–Trinajstić information content (AvgIpc) is 2.45. The van der Waals surface area contributed by atoms with E-state index in [9.17, 15) is 4.79 Å². The van der Waals surface area contributed by atoms with Gasteiger partial charge in [0.25, 0.3) is 5.91 Å². The average molecular weight is 291 g/mol. The summed E-state index contributed by atoms with van der Waals surface area (Å²) in [7, 11) is 1.51. The summed E-state index contributed by atoms with van der Waals surface area (Å²) >= 11 is 5.90. The fraction of sp³-hybridized carbons (Fsp3) is 0.133. The Labute approximate surface area is 122 Å². The topological polar surface area (TPSA) is 64.3 Å². The number of halogens is 1. The van der Waals surface area contributed by atoms with Crippen molar-refractivity contribution in [3.8, 4) is 5.75 Å². The number of anilines is 1. The molecule has 3 N–H and O–H groups in total. The molecule has 0 saturated heterocycles. The molecule has 0 atom stereocenters. The highest BCUT2D eigenvalue weighted by molar-refractivity contribution is 6.30. The van der Waals surface area contributed by atoms with Crippen molar-refractivity contribution in [1.29, 1.82) is 0 Å². The van der Waals surface area contributed by atoms with Crippen LogP contribution in [0.1, 0.15) is 15.9 Å². The molecule has 4 nitrogen and oxygen atoms in total. The number of carbonyl (C=O) groups excluding carboxylic acids is 1. The number of rotatable bonds is 4. The number of benzene rings is 2. The molecule has 2 aromatic rings. The summed E-state index contributed by atoms with van der Waals surface area (Å²) in [5.74, 6) is 0.247. The second-order valence-electron chi connectivity index (χ2n) is 4.27. The predicted octanol–water partition coefficient (Wildman–Crippen LogP) is 2.86. The van der Waals surface area contributed by atoms with Gasteiger partial charge in [0.2, 0.25) is 0 Å².